The van der Waals surface area contributed by atoms with Gasteiger partial charge in [-0.1, -0.05) is 36.4 Å². The first-order valence-electron chi connectivity index (χ1n) is 8.11. The van der Waals surface area contributed by atoms with Crippen LogP contribution in [0.2, 0.25) is 0 Å². The van der Waals surface area contributed by atoms with E-state index in [-0.39, 0.29) is 0 Å². The Hall–Kier alpha value is -4.38. The summed E-state index contributed by atoms with van der Waals surface area (Å²) in [7, 11) is 0. The quantitative estimate of drug-likeness (QED) is 0.666. The molecule has 0 bridgehead atoms. The van der Waals surface area contributed by atoms with Crippen molar-refractivity contribution in [1.82, 2.24) is 0 Å². The van der Waals surface area contributed by atoms with Crippen molar-refractivity contribution in [2.75, 3.05) is 0 Å². The Bertz CT molecular complexity index is 989. The van der Waals surface area contributed by atoms with Gasteiger partial charge in [-0.3, -0.25) is 0 Å². The molecule has 0 fully saturated rings. The van der Waals surface area contributed by atoms with Gasteiger partial charge in [0.1, 0.15) is 5.41 Å². The first-order valence-corrected chi connectivity index (χ1v) is 8.11. The minimum atomic E-state index is -1.13. The molecule has 0 aliphatic carbocycles. The summed E-state index contributed by atoms with van der Waals surface area (Å²) in [4.78, 5) is 0. The van der Waals surface area contributed by atoms with Crippen LogP contribution in [0, 0.1) is 45.3 Å². The van der Waals surface area contributed by atoms with Crippen LogP contribution in [-0.2, 0) is 5.41 Å². The van der Waals surface area contributed by atoms with Crippen molar-refractivity contribution >= 4 is 0 Å². The monoisotopic (exact) mass is 344 g/mol. The number of rotatable bonds is 3. The Morgan fingerprint density at radius 3 is 0.889 bits per heavy atom. The average Bonchev–Trinajstić information content (AvgIpc) is 2.76. The second-order valence-electron chi connectivity index (χ2n) is 5.93. The SMILES string of the molecule is N#Cc1ccc(C(C#N)(c2ccc(C#N)cc2)c2ccc(C#N)cc2)cc1. The molecular formula is C23H12N4. The van der Waals surface area contributed by atoms with Crippen LogP contribution in [0.1, 0.15) is 33.4 Å². The Balaban J connectivity index is 2.28. The second-order valence-corrected chi connectivity index (χ2v) is 5.93. The molecule has 3 rings (SSSR count). The maximum atomic E-state index is 10.3. The van der Waals surface area contributed by atoms with Gasteiger partial charge in [0.25, 0.3) is 0 Å². The summed E-state index contributed by atoms with van der Waals surface area (Å²) in [5.41, 5.74) is 2.51. The van der Waals surface area contributed by atoms with E-state index in [4.69, 9.17) is 15.8 Å². The van der Waals surface area contributed by atoms with E-state index in [0.717, 1.165) is 0 Å². The first kappa shape index (κ1) is 17.4. The van der Waals surface area contributed by atoms with Gasteiger partial charge in [-0.05, 0) is 53.1 Å². The predicted molar refractivity (Wildman–Crippen MR) is 99.0 cm³/mol. The summed E-state index contributed by atoms with van der Waals surface area (Å²) in [6.07, 6.45) is 0. The molecule has 0 amide bonds. The highest BCUT2D eigenvalue weighted by molar-refractivity contribution is 5.58. The second kappa shape index (κ2) is 7.25. The Kier molecular flexibility index (Phi) is 4.68. The molecule has 0 atom stereocenters. The van der Waals surface area contributed by atoms with Crippen molar-refractivity contribution < 1.29 is 0 Å². The number of nitriles is 4. The Morgan fingerprint density at radius 2 is 0.704 bits per heavy atom. The van der Waals surface area contributed by atoms with E-state index in [1.54, 1.807) is 72.8 Å². The van der Waals surface area contributed by atoms with E-state index in [1.165, 1.54) is 0 Å². The number of hydrogen-bond donors (Lipinski definition) is 0. The molecule has 0 saturated carbocycles. The molecule has 0 aliphatic rings. The van der Waals surface area contributed by atoms with E-state index >= 15 is 0 Å². The van der Waals surface area contributed by atoms with Gasteiger partial charge in [0.15, 0.2) is 0 Å². The normalized spacial score (nSPS) is 10.1. The third-order valence-corrected chi connectivity index (χ3v) is 4.51. The smallest absolute Gasteiger partial charge is 0.132 e. The predicted octanol–water partition coefficient (Wildman–Crippen LogP) is 4.16. The molecule has 0 unspecified atom stereocenters. The fraction of sp³-hybridized carbons (Fsp3) is 0.0435. The van der Waals surface area contributed by atoms with E-state index < -0.39 is 5.41 Å². The molecule has 0 heterocycles. The van der Waals surface area contributed by atoms with Crippen molar-refractivity contribution in [3.8, 4) is 24.3 Å². The molecule has 3 aromatic rings. The number of benzene rings is 3. The number of nitrogens with zero attached hydrogens (tertiary/aromatic N) is 4. The van der Waals surface area contributed by atoms with Crippen molar-refractivity contribution in [2.24, 2.45) is 0 Å². The summed E-state index contributed by atoms with van der Waals surface area (Å²) in [6.45, 7) is 0. The fourth-order valence-corrected chi connectivity index (χ4v) is 3.08. The van der Waals surface area contributed by atoms with Crippen LogP contribution < -0.4 is 0 Å². The zero-order valence-electron chi connectivity index (χ0n) is 14.2. The lowest BCUT2D eigenvalue weighted by Crippen LogP contribution is -2.27. The molecular weight excluding hydrogens is 332 g/mol. The van der Waals surface area contributed by atoms with Gasteiger partial charge in [-0.15, -0.1) is 0 Å². The summed E-state index contributed by atoms with van der Waals surface area (Å²) >= 11 is 0. The summed E-state index contributed by atoms with van der Waals surface area (Å²) in [5.74, 6) is 0. The zero-order valence-corrected chi connectivity index (χ0v) is 14.2. The first-order chi connectivity index (χ1) is 13.2. The molecule has 0 radical (unpaired) electrons. The highest BCUT2D eigenvalue weighted by Crippen LogP contribution is 2.39. The molecule has 4 heteroatoms. The minimum Gasteiger partial charge on any atom is -0.197 e. The average molecular weight is 344 g/mol. The van der Waals surface area contributed by atoms with E-state index in [0.29, 0.717) is 33.4 Å². The molecule has 124 valence electrons. The Morgan fingerprint density at radius 1 is 0.444 bits per heavy atom. The highest BCUT2D eigenvalue weighted by Gasteiger charge is 2.36. The van der Waals surface area contributed by atoms with Crippen LogP contribution in [0.3, 0.4) is 0 Å². The maximum Gasteiger partial charge on any atom is 0.132 e. The number of hydrogen-bond acceptors (Lipinski definition) is 4. The van der Waals surface area contributed by atoms with Crippen molar-refractivity contribution in [2.45, 2.75) is 5.41 Å². The zero-order chi connectivity index (χ0) is 19.3. The topological polar surface area (TPSA) is 95.2 Å². The van der Waals surface area contributed by atoms with Gasteiger partial charge in [-0.25, -0.2) is 0 Å². The molecule has 4 nitrogen and oxygen atoms in total. The van der Waals surface area contributed by atoms with Crippen LogP contribution >= 0.6 is 0 Å². The Labute approximate surface area is 157 Å². The molecule has 27 heavy (non-hydrogen) atoms. The minimum absolute atomic E-state index is 0.505. The molecule has 0 aliphatic heterocycles. The lowest BCUT2D eigenvalue weighted by atomic mass is 9.70. The highest BCUT2D eigenvalue weighted by atomic mass is 14.4. The molecule has 0 N–H and O–H groups in total. The largest absolute Gasteiger partial charge is 0.197 e. The van der Waals surface area contributed by atoms with Crippen molar-refractivity contribution in [3.05, 3.63) is 106 Å². The lowest BCUT2D eigenvalue weighted by Gasteiger charge is -2.28. The van der Waals surface area contributed by atoms with Crippen molar-refractivity contribution in [3.63, 3.8) is 0 Å². The van der Waals surface area contributed by atoms with Gasteiger partial charge in [0.05, 0.1) is 41.0 Å². The van der Waals surface area contributed by atoms with E-state index in [2.05, 4.69) is 24.3 Å². The summed E-state index contributed by atoms with van der Waals surface area (Å²) in [5, 5.41) is 37.5. The summed E-state index contributed by atoms with van der Waals surface area (Å²) in [6, 6.07) is 29.3. The van der Waals surface area contributed by atoms with Gasteiger partial charge < -0.3 is 0 Å². The third kappa shape index (κ3) is 3.01. The van der Waals surface area contributed by atoms with E-state index in [9.17, 15) is 5.26 Å². The van der Waals surface area contributed by atoms with Crippen LogP contribution in [0.15, 0.2) is 72.8 Å². The van der Waals surface area contributed by atoms with Gasteiger partial charge in [0.2, 0.25) is 0 Å². The third-order valence-electron chi connectivity index (χ3n) is 4.51. The fourth-order valence-electron chi connectivity index (χ4n) is 3.08. The van der Waals surface area contributed by atoms with Crippen LogP contribution in [0.4, 0.5) is 0 Å². The molecule has 0 saturated heterocycles. The molecule has 0 aromatic heterocycles. The van der Waals surface area contributed by atoms with Gasteiger partial charge >= 0.3 is 0 Å². The summed E-state index contributed by atoms with van der Waals surface area (Å²) < 4.78 is 0. The van der Waals surface area contributed by atoms with Crippen LogP contribution in [0.5, 0.6) is 0 Å². The molecule has 0 spiro atoms. The van der Waals surface area contributed by atoms with Gasteiger partial charge in [0, 0.05) is 0 Å². The van der Waals surface area contributed by atoms with Gasteiger partial charge in [-0.2, -0.15) is 21.0 Å². The maximum absolute atomic E-state index is 10.3. The van der Waals surface area contributed by atoms with Crippen LogP contribution in [0.25, 0.3) is 0 Å². The molecule has 3 aromatic carbocycles. The van der Waals surface area contributed by atoms with E-state index in [1.807, 2.05) is 0 Å². The van der Waals surface area contributed by atoms with Crippen molar-refractivity contribution in [1.29, 1.82) is 21.0 Å². The van der Waals surface area contributed by atoms with Crippen LogP contribution in [-0.4, -0.2) is 0 Å². The lowest BCUT2D eigenvalue weighted by molar-refractivity contribution is 0.794. The standard InChI is InChI=1S/C23H12N4/c24-13-17-1-7-20(8-2-17)23(16-27,21-9-3-18(14-25)4-10-21)22-11-5-19(15-26)6-12-22/h1-12H.